The number of aromatic nitrogens is 3. The summed E-state index contributed by atoms with van der Waals surface area (Å²) in [4.78, 5) is 3.73. The van der Waals surface area contributed by atoms with Gasteiger partial charge in [0.25, 0.3) is 0 Å². The lowest BCUT2D eigenvalue weighted by molar-refractivity contribution is -0.728. The molecule has 0 spiro atoms. The van der Waals surface area contributed by atoms with E-state index in [2.05, 4.69) is 10.1 Å². The third-order valence-electron chi connectivity index (χ3n) is 0.859. The molecule has 0 radical (unpaired) electrons. The summed E-state index contributed by atoms with van der Waals surface area (Å²) in [6, 6.07) is 0. The number of halogens is 3. The molecule has 0 aromatic carbocycles. The van der Waals surface area contributed by atoms with E-state index in [1.54, 1.807) is 17.3 Å². The topological polar surface area (TPSA) is 89.8 Å². The third-order valence-corrected chi connectivity index (χ3v) is 1.43. The molecule has 0 aliphatic carbocycles. The van der Waals surface area contributed by atoms with Gasteiger partial charge in [0.05, 0.1) is 0 Å². The number of nitrogens with one attached hydrogen (secondary N) is 1. The average Bonchev–Trinajstić information content (AvgIpc) is 2.35. The highest BCUT2D eigenvalue weighted by atomic mass is 32.2. The molecule has 6 nitrogen and oxygen atoms in total. The van der Waals surface area contributed by atoms with Crippen LogP contribution in [0.2, 0.25) is 0 Å². The highest BCUT2D eigenvalue weighted by molar-refractivity contribution is 7.86. The summed E-state index contributed by atoms with van der Waals surface area (Å²) in [5.41, 5.74) is -5.65. The molecule has 0 atom stereocenters. The maximum atomic E-state index is 10.7. The summed E-state index contributed by atoms with van der Waals surface area (Å²) < 4.78 is 60.7. The second-order valence-corrected chi connectivity index (χ2v) is 3.40. The molecule has 0 saturated carbocycles. The Balaban J connectivity index is 0.000000249. The third kappa shape index (κ3) is 4.77. The quantitative estimate of drug-likeness (QED) is 0.364. The van der Waals surface area contributed by atoms with Gasteiger partial charge in [0.15, 0.2) is 10.1 Å². The highest BCUT2D eigenvalue weighted by Crippen LogP contribution is 2.20. The zero-order valence-corrected chi connectivity index (χ0v) is 7.63. The fraction of sp³-hybridized carbons (Fsp3) is 0.500. The Morgan fingerprint density at radius 2 is 1.93 bits per heavy atom. The van der Waals surface area contributed by atoms with E-state index in [9.17, 15) is 13.2 Å². The highest BCUT2D eigenvalue weighted by Gasteiger charge is 2.36. The van der Waals surface area contributed by atoms with Gasteiger partial charge in [0.2, 0.25) is 6.33 Å². The summed E-state index contributed by atoms with van der Waals surface area (Å²) >= 11 is 0. The normalized spacial score (nSPS) is 11.8. The second-order valence-electron chi connectivity index (χ2n) is 2.03. The maximum Gasteiger partial charge on any atom is 0.485 e. The van der Waals surface area contributed by atoms with Crippen LogP contribution in [0, 0.1) is 0 Å². The molecule has 0 aliphatic heterocycles. The number of aryl methyl sites for hydroxylation is 1. The molecule has 0 aliphatic rings. The molecule has 1 rings (SSSR count). The van der Waals surface area contributed by atoms with Crippen molar-refractivity contribution in [1.82, 2.24) is 10.1 Å². The first-order valence-electron chi connectivity index (χ1n) is 3.01. The zero-order chi connectivity index (χ0) is 11.4. The molecule has 0 amide bonds. The number of H-pyrrole nitrogens is 1. The van der Waals surface area contributed by atoms with Gasteiger partial charge in [-0.3, -0.25) is 0 Å². The minimum atomic E-state index is -6.09. The summed E-state index contributed by atoms with van der Waals surface area (Å²) in [6.45, 7) is 0. The molecule has 1 N–H and O–H groups in total. The number of aromatic amines is 1. The number of nitrogens with zero attached hydrogens (tertiary/aromatic N) is 2. The van der Waals surface area contributed by atoms with Gasteiger partial charge in [-0.15, -0.1) is 0 Å². The molecule has 0 fully saturated rings. The second kappa shape index (κ2) is 4.37. The van der Waals surface area contributed by atoms with Crippen LogP contribution in [0.3, 0.4) is 0 Å². The standard InChI is InChI=1S/C3H5N3.CHF3O3S/c1-6-3-4-2-5-6;2-1(3,4)8(5,6)7/h2-3H,1H3;(H,5,6,7). The molecule has 10 heteroatoms. The molecule has 14 heavy (non-hydrogen) atoms. The zero-order valence-electron chi connectivity index (χ0n) is 6.82. The van der Waals surface area contributed by atoms with Crippen LogP contribution in [0.1, 0.15) is 0 Å². The predicted octanol–water partition coefficient (Wildman–Crippen LogP) is -0.714. The minimum absolute atomic E-state index is 1.62. The monoisotopic (exact) mass is 233 g/mol. The van der Waals surface area contributed by atoms with E-state index in [1.807, 2.05) is 7.05 Å². The van der Waals surface area contributed by atoms with Crippen molar-refractivity contribution in [3.63, 3.8) is 0 Å². The number of alkyl halides is 3. The van der Waals surface area contributed by atoms with Gasteiger partial charge in [0.1, 0.15) is 7.05 Å². The van der Waals surface area contributed by atoms with Crippen molar-refractivity contribution >= 4 is 10.1 Å². The van der Waals surface area contributed by atoms with Crippen LogP contribution in [0.15, 0.2) is 12.7 Å². The summed E-state index contributed by atoms with van der Waals surface area (Å²) in [5, 5.41) is 2.81. The largest absolute Gasteiger partial charge is 0.741 e. The van der Waals surface area contributed by atoms with Crippen molar-refractivity contribution in [3.8, 4) is 0 Å². The van der Waals surface area contributed by atoms with Gasteiger partial charge >= 0.3 is 11.8 Å². The Labute approximate surface area is 77.1 Å². The minimum Gasteiger partial charge on any atom is -0.741 e. The van der Waals surface area contributed by atoms with Crippen molar-refractivity contribution in [2.45, 2.75) is 5.51 Å². The molecule has 0 saturated heterocycles. The van der Waals surface area contributed by atoms with E-state index in [4.69, 9.17) is 13.0 Å². The van der Waals surface area contributed by atoms with Crippen LogP contribution in [0.5, 0.6) is 0 Å². The lowest BCUT2D eigenvalue weighted by atomic mass is 11.2. The first kappa shape index (κ1) is 12.8. The van der Waals surface area contributed by atoms with Crippen LogP contribution in [-0.2, 0) is 17.2 Å². The Kier molecular flexibility index (Phi) is 4.01. The van der Waals surface area contributed by atoms with E-state index in [1.165, 1.54) is 0 Å². The van der Waals surface area contributed by atoms with Crippen molar-refractivity contribution in [3.05, 3.63) is 12.7 Å². The van der Waals surface area contributed by atoms with E-state index < -0.39 is 15.6 Å². The molecule has 1 heterocycles. The van der Waals surface area contributed by atoms with Crippen molar-refractivity contribution < 1.29 is 30.8 Å². The van der Waals surface area contributed by atoms with Gasteiger partial charge in [-0.2, -0.15) is 23.0 Å². The van der Waals surface area contributed by atoms with Gasteiger partial charge in [-0.05, 0) is 4.98 Å². The van der Waals surface area contributed by atoms with E-state index in [-0.39, 0.29) is 0 Å². The number of hydrogen-bond donors (Lipinski definition) is 1. The molecular formula is C4H6F3N3O3S. The molecule has 82 valence electrons. The average molecular weight is 233 g/mol. The fourth-order valence-electron chi connectivity index (χ4n) is 0.291. The van der Waals surface area contributed by atoms with E-state index in [0.717, 1.165) is 0 Å². The SMILES string of the molecule is C[n+]1cnc[nH]1.O=S(=O)([O-])C(F)(F)F. The van der Waals surface area contributed by atoms with Crippen LogP contribution in [0.25, 0.3) is 0 Å². The first-order chi connectivity index (χ1) is 6.14. The maximum absolute atomic E-state index is 10.7. The first-order valence-corrected chi connectivity index (χ1v) is 4.41. The Bertz CT molecular complexity index is 357. The molecule has 0 bridgehead atoms. The lowest BCUT2D eigenvalue weighted by Crippen LogP contribution is -2.27. The Hall–Kier alpha value is -1.16. The summed E-state index contributed by atoms with van der Waals surface area (Å²) in [6.07, 6.45) is 3.32. The smallest absolute Gasteiger partial charge is 0.485 e. The van der Waals surface area contributed by atoms with Crippen molar-refractivity contribution in [2.75, 3.05) is 0 Å². The fourth-order valence-corrected chi connectivity index (χ4v) is 0.291. The number of rotatable bonds is 0. The van der Waals surface area contributed by atoms with E-state index >= 15 is 0 Å². The molecule has 0 unspecified atom stereocenters. The van der Waals surface area contributed by atoms with Crippen LogP contribution in [0.4, 0.5) is 13.2 Å². The molecule has 1 aromatic rings. The van der Waals surface area contributed by atoms with Crippen molar-refractivity contribution in [2.24, 2.45) is 7.05 Å². The van der Waals surface area contributed by atoms with Crippen LogP contribution >= 0.6 is 0 Å². The lowest BCUT2D eigenvalue weighted by Gasteiger charge is -2.08. The summed E-state index contributed by atoms with van der Waals surface area (Å²) in [7, 11) is -4.21. The Morgan fingerprint density at radius 3 is 2.00 bits per heavy atom. The van der Waals surface area contributed by atoms with Crippen LogP contribution in [-0.4, -0.2) is 28.6 Å². The predicted molar refractivity (Wildman–Crippen MR) is 35.5 cm³/mol. The van der Waals surface area contributed by atoms with Gasteiger partial charge in [-0.25, -0.2) is 8.42 Å². The summed E-state index contributed by atoms with van der Waals surface area (Å²) in [5.74, 6) is 0. The van der Waals surface area contributed by atoms with Crippen LogP contribution < -0.4 is 4.68 Å². The van der Waals surface area contributed by atoms with Crippen molar-refractivity contribution in [1.29, 1.82) is 0 Å². The number of hydrogen-bond acceptors (Lipinski definition) is 4. The van der Waals surface area contributed by atoms with Gasteiger partial charge in [0, 0.05) is 0 Å². The molecular weight excluding hydrogens is 227 g/mol. The Morgan fingerprint density at radius 1 is 1.50 bits per heavy atom. The van der Waals surface area contributed by atoms with Gasteiger partial charge < -0.3 is 4.55 Å². The molecule has 1 aromatic heterocycles. The van der Waals surface area contributed by atoms with Gasteiger partial charge in [-0.1, -0.05) is 0 Å². The van der Waals surface area contributed by atoms with E-state index in [0.29, 0.717) is 0 Å².